The average molecular weight is 191 g/mol. The Morgan fingerprint density at radius 1 is 1.67 bits per heavy atom. The number of carbonyl (C=O) groups is 1. The molecule has 1 rings (SSSR count). The molecule has 1 heterocycles. The van der Waals surface area contributed by atoms with Gasteiger partial charge in [0.05, 0.1) is 17.8 Å². The van der Waals surface area contributed by atoms with Gasteiger partial charge in [-0.25, -0.2) is 4.79 Å². The van der Waals surface area contributed by atoms with Crippen LogP contribution in [0, 0.1) is 0 Å². The summed E-state index contributed by atoms with van der Waals surface area (Å²) in [5.41, 5.74) is 0.190. The highest BCUT2D eigenvalue weighted by Crippen LogP contribution is 2.28. The van der Waals surface area contributed by atoms with Crippen LogP contribution in [0.2, 0.25) is 0 Å². The van der Waals surface area contributed by atoms with Crippen molar-refractivity contribution in [2.45, 2.75) is 32.5 Å². The highest BCUT2D eigenvalue weighted by molar-refractivity contribution is 6.31. The molecule has 0 aromatic carbocycles. The van der Waals surface area contributed by atoms with Crippen LogP contribution in [0.5, 0.6) is 0 Å². The van der Waals surface area contributed by atoms with Crippen molar-refractivity contribution in [2.75, 3.05) is 0 Å². The molecule has 0 saturated carbocycles. The van der Waals surface area contributed by atoms with Gasteiger partial charge >= 0.3 is 5.97 Å². The lowest BCUT2D eigenvalue weighted by Crippen LogP contribution is -2.29. The molecular formula is C8H11ClO3. The minimum absolute atomic E-state index is 0.00981. The van der Waals surface area contributed by atoms with E-state index in [1.807, 2.05) is 6.92 Å². The normalized spacial score (nSPS) is 30.6. The molecule has 1 N–H and O–H groups in total. The summed E-state index contributed by atoms with van der Waals surface area (Å²) in [7, 11) is 0. The van der Waals surface area contributed by atoms with Crippen LogP contribution in [0.1, 0.15) is 20.3 Å². The second kappa shape index (κ2) is 3.46. The first-order valence-electron chi connectivity index (χ1n) is 3.79. The summed E-state index contributed by atoms with van der Waals surface area (Å²) in [6, 6.07) is 0. The average Bonchev–Trinajstić information content (AvgIpc) is 1.82. The number of hydrogen-bond acceptors (Lipinski definition) is 2. The second-order valence-electron chi connectivity index (χ2n) is 2.92. The largest absolute Gasteiger partial charge is 0.478 e. The second-order valence-corrected chi connectivity index (χ2v) is 3.37. The molecular weight excluding hydrogens is 180 g/mol. The Balaban J connectivity index is 2.93. The Hall–Kier alpha value is -0.540. The van der Waals surface area contributed by atoms with Gasteiger partial charge in [0, 0.05) is 11.5 Å². The number of carboxylic acid groups (broad SMARTS) is 1. The molecule has 0 radical (unpaired) electrons. The van der Waals surface area contributed by atoms with E-state index in [0.29, 0.717) is 11.5 Å². The lowest BCUT2D eigenvalue weighted by molar-refractivity contribution is -0.135. The molecule has 1 aliphatic rings. The molecule has 0 aromatic heterocycles. The third-order valence-corrected chi connectivity index (χ3v) is 2.19. The van der Waals surface area contributed by atoms with Crippen LogP contribution < -0.4 is 0 Å². The van der Waals surface area contributed by atoms with E-state index in [4.69, 9.17) is 21.4 Å². The predicted molar refractivity (Wildman–Crippen MR) is 45.1 cm³/mol. The molecule has 4 heteroatoms. The Morgan fingerprint density at radius 2 is 2.25 bits per heavy atom. The molecule has 12 heavy (non-hydrogen) atoms. The van der Waals surface area contributed by atoms with Crippen molar-refractivity contribution in [2.24, 2.45) is 0 Å². The van der Waals surface area contributed by atoms with Crippen LogP contribution in [-0.2, 0) is 9.53 Å². The zero-order chi connectivity index (χ0) is 9.30. The standard InChI is InChI=1S/C8H11ClO3/c1-4-3-6(9)7(8(10)11)5(2)12-4/h4-5H,3H2,1-2H3,(H,10,11). The van der Waals surface area contributed by atoms with Crippen molar-refractivity contribution in [3.8, 4) is 0 Å². The number of ether oxygens (including phenoxy) is 1. The molecule has 2 unspecified atom stereocenters. The quantitative estimate of drug-likeness (QED) is 0.686. The van der Waals surface area contributed by atoms with Crippen LogP contribution in [0.15, 0.2) is 10.6 Å². The van der Waals surface area contributed by atoms with E-state index >= 15 is 0 Å². The van der Waals surface area contributed by atoms with Crippen molar-refractivity contribution in [3.05, 3.63) is 10.6 Å². The van der Waals surface area contributed by atoms with Crippen molar-refractivity contribution in [3.63, 3.8) is 0 Å². The fraction of sp³-hybridized carbons (Fsp3) is 0.625. The summed E-state index contributed by atoms with van der Waals surface area (Å²) >= 11 is 5.79. The molecule has 68 valence electrons. The van der Waals surface area contributed by atoms with Crippen molar-refractivity contribution >= 4 is 17.6 Å². The Kier molecular flexibility index (Phi) is 2.75. The van der Waals surface area contributed by atoms with Crippen LogP contribution >= 0.6 is 11.6 Å². The lowest BCUT2D eigenvalue weighted by atomic mass is 10.0. The van der Waals surface area contributed by atoms with Crippen molar-refractivity contribution in [1.29, 1.82) is 0 Å². The number of carboxylic acids is 1. The molecule has 0 saturated heterocycles. The fourth-order valence-electron chi connectivity index (χ4n) is 1.34. The minimum atomic E-state index is -0.987. The SMILES string of the molecule is CC1CC(Cl)=C(C(=O)O)C(C)O1. The molecule has 3 nitrogen and oxygen atoms in total. The number of rotatable bonds is 1. The highest BCUT2D eigenvalue weighted by Gasteiger charge is 2.28. The Morgan fingerprint density at radius 3 is 2.67 bits per heavy atom. The van der Waals surface area contributed by atoms with Gasteiger partial charge in [-0.05, 0) is 13.8 Å². The van der Waals surface area contributed by atoms with Crippen LogP contribution in [0.25, 0.3) is 0 Å². The summed E-state index contributed by atoms with van der Waals surface area (Å²) in [6.45, 7) is 3.57. The first kappa shape index (κ1) is 9.55. The smallest absolute Gasteiger partial charge is 0.335 e. The van der Waals surface area contributed by atoms with E-state index in [9.17, 15) is 4.79 Å². The van der Waals surface area contributed by atoms with Crippen molar-refractivity contribution < 1.29 is 14.6 Å². The Labute approximate surface area is 76.0 Å². The maximum absolute atomic E-state index is 10.7. The highest BCUT2D eigenvalue weighted by atomic mass is 35.5. The molecule has 2 atom stereocenters. The number of halogens is 1. The maximum atomic E-state index is 10.7. The molecule has 1 aliphatic heterocycles. The zero-order valence-electron chi connectivity index (χ0n) is 7.00. The maximum Gasteiger partial charge on any atom is 0.335 e. The van der Waals surface area contributed by atoms with Gasteiger partial charge in [0.1, 0.15) is 0 Å². The Bertz CT molecular complexity index is 234. The van der Waals surface area contributed by atoms with Gasteiger partial charge in [-0.1, -0.05) is 11.6 Å². The lowest BCUT2D eigenvalue weighted by Gasteiger charge is -2.26. The predicted octanol–water partition coefficient (Wildman–Crippen LogP) is 1.76. The summed E-state index contributed by atoms with van der Waals surface area (Å²) < 4.78 is 5.31. The van der Waals surface area contributed by atoms with Crippen molar-refractivity contribution in [1.82, 2.24) is 0 Å². The third kappa shape index (κ3) is 1.79. The molecule has 0 amide bonds. The minimum Gasteiger partial charge on any atom is -0.478 e. The zero-order valence-corrected chi connectivity index (χ0v) is 7.76. The van der Waals surface area contributed by atoms with Gasteiger partial charge < -0.3 is 9.84 Å². The van der Waals surface area contributed by atoms with Crippen LogP contribution in [0.4, 0.5) is 0 Å². The molecule has 0 spiro atoms. The number of aliphatic carboxylic acids is 1. The van der Waals surface area contributed by atoms with Gasteiger partial charge in [0.2, 0.25) is 0 Å². The summed E-state index contributed by atoms with van der Waals surface area (Å²) in [5.74, 6) is -0.987. The summed E-state index contributed by atoms with van der Waals surface area (Å²) in [6.07, 6.45) is 0.0995. The first-order chi connectivity index (χ1) is 5.52. The summed E-state index contributed by atoms with van der Waals surface area (Å²) in [4.78, 5) is 10.7. The molecule has 0 bridgehead atoms. The fourth-order valence-corrected chi connectivity index (χ4v) is 1.79. The van der Waals surface area contributed by atoms with E-state index in [1.165, 1.54) is 0 Å². The topological polar surface area (TPSA) is 46.5 Å². The van der Waals surface area contributed by atoms with Gasteiger partial charge in [0.25, 0.3) is 0 Å². The van der Waals surface area contributed by atoms with E-state index in [0.717, 1.165) is 0 Å². The van der Waals surface area contributed by atoms with Gasteiger partial charge in [-0.3, -0.25) is 0 Å². The van der Waals surface area contributed by atoms with Gasteiger partial charge in [0.15, 0.2) is 0 Å². The van der Waals surface area contributed by atoms with E-state index < -0.39 is 12.1 Å². The van der Waals surface area contributed by atoms with E-state index in [2.05, 4.69) is 0 Å². The summed E-state index contributed by atoms with van der Waals surface area (Å²) in [5, 5.41) is 9.15. The molecule has 0 aromatic rings. The number of hydrogen-bond donors (Lipinski definition) is 1. The molecule has 0 fully saturated rings. The van der Waals surface area contributed by atoms with Crippen LogP contribution in [0.3, 0.4) is 0 Å². The third-order valence-electron chi connectivity index (χ3n) is 1.83. The first-order valence-corrected chi connectivity index (χ1v) is 4.17. The molecule has 0 aliphatic carbocycles. The van der Waals surface area contributed by atoms with E-state index in [1.54, 1.807) is 6.92 Å². The monoisotopic (exact) mass is 190 g/mol. The van der Waals surface area contributed by atoms with Crippen LogP contribution in [-0.4, -0.2) is 23.3 Å². The van der Waals surface area contributed by atoms with E-state index in [-0.39, 0.29) is 11.7 Å². The van der Waals surface area contributed by atoms with Gasteiger partial charge in [-0.15, -0.1) is 0 Å². The van der Waals surface area contributed by atoms with Gasteiger partial charge in [-0.2, -0.15) is 0 Å².